The highest BCUT2D eigenvalue weighted by atomic mass is 19.1. The first-order chi connectivity index (χ1) is 11.0. The molecule has 5 nitrogen and oxygen atoms in total. The van der Waals surface area contributed by atoms with E-state index in [1.54, 1.807) is 34.0 Å². The highest BCUT2D eigenvalue weighted by Gasteiger charge is 2.36. The molecule has 0 aliphatic carbocycles. The second-order valence-electron chi connectivity index (χ2n) is 6.19. The van der Waals surface area contributed by atoms with Crippen LogP contribution in [0.15, 0.2) is 36.5 Å². The van der Waals surface area contributed by atoms with Crippen molar-refractivity contribution in [1.29, 1.82) is 0 Å². The van der Waals surface area contributed by atoms with Crippen molar-refractivity contribution in [2.24, 2.45) is 0 Å². The first-order valence-corrected chi connectivity index (χ1v) is 7.75. The third-order valence-electron chi connectivity index (χ3n) is 4.13. The quantitative estimate of drug-likeness (QED) is 0.946. The standard InChI is InChI=1S/C17H20FN3O2/c1-11(2)21-7-6-15(19-21)17(23)20-10-14(22)9-16(20)12-4-3-5-13(18)8-12/h3-8,11,14,16,22H,9-10H2,1-2H3. The minimum absolute atomic E-state index is 0.166. The molecule has 1 saturated heterocycles. The van der Waals surface area contributed by atoms with Crippen molar-refractivity contribution in [3.8, 4) is 0 Å². The summed E-state index contributed by atoms with van der Waals surface area (Å²) in [6, 6.07) is 7.68. The predicted octanol–water partition coefficient (Wildman–Crippen LogP) is 2.55. The zero-order chi connectivity index (χ0) is 16.6. The molecule has 2 aromatic rings. The van der Waals surface area contributed by atoms with Crippen molar-refractivity contribution in [3.63, 3.8) is 0 Å². The Balaban J connectivity index is 1.88. The number of nitrogens with zero attached hydrogens (tertiary/aromatic N) is 3. The molecule has 2 atom stereocenters. The fourth-order valence-electron chi connectivity index (χ4n) is 2.95. The van der Waals surface area contributed by atoms with Crippen molar-refractivity contribution in [1.82, 2.24) is 14.7 Å². The van der Waals surface area contributed by atoms with E-state index in [1.807, 2.05) is 13.8 Å². The van der Waals surface area contributed by atoms with Gasteiger partial charge < -0.3 is 10.0 Å². The Morgan fingerprint density at radius 2 is 2.17 bits per heavy atom. The van der Waals surface area contributed by atoms with Gasteiger partial charge in [0.05, 0.1) is 12.1 Å². The van der Waals surface area contributed by atoms with Gasteiger partial charge in [-0.3, -0.25) is 9.48 Å². The molecule has 0 saturated carbocycles. The smallest absolute Gasteiger partial charge is 0.274 e. The van der Waals surface area contributed by atoms with Gasteiger partial charge in [0.15, 0.2) is 0 Å². The molecular formula is C17H20FN3O2. The summed E-state index contributed by atoms with van der Waals surface area (Å²) in [6.45, 7) is 4.20. The number of aliphatic hydroxyl groups excluding tert-OH is 1. The van der Waals surface area contributed by atoms with Crippen LogP contribution in [-0.2, 0) is 0 Å². The zero-order valence-corrected chi connectivity index (χ0v) is 13.2. The topological polar surface area (TPSA) is 58.4 Å². The molecule has 1 amide bonds. The van der Waals surface area contributed by atoms with Crippen LogP contribution in [0.3, 0.4) is 0 Å². The molecule has 1 aromatic carbocycles. The van der Waals surface area contributed by atoms with Crippen molar-refractivity contribution < 1.29 is 14.3 Å². The van der Waals surface area contributed by atoms with Crippen LogP contribution in [0.1, 0.15) is 48.4 Å². The first kappa shape index (κ1) is 15.7. The van der Waals surface area contributed by atoms with Gasteiger partial charge >= 0.3 is 0 Å². The molecule has 0 spiro atoms. The Kier molecular flexibility index (Phi) is 4.17. The number of hydrogen-bond donors (Lipinski definition) is 1. The molecule has 6 heteroatoms. The lowest BCUT2D eigenvalue weighted by Crippen LogP contribution is -2.32. The van der Waals surface area contributed by atoms with Gasteiger partial charge in [-0.05, 0) is 44.0 Å². The molecule has 1 N–H and O–H groups in total. The molecule has 2 heterocycles. The van der Waals surface area contributed by atoms with E-state index in [4.69, 9.17) is 0 Å². The lowest BCUT2D eigenvalue weighted by Gasteiger charge is -2.24. The Labute approximate surface area is 134 Å². The lowest BCUT2D eigenvalue weighted by molar-refractivity contribution is 0.0708. The lowest BCUT2D eigenvalue weighted by atomic mass is 10.0. The van der Waals surface area contributed by atoms with Crippen LogP contribution in [0.5, 0.6) is 0 Å². The van der Waals surface area contributed by atoms with Crippen LogP contribution in [-0.4, -0.2) is 38.3 Å². The van der Waals surface area contributed by atoms with E-state index < -0.39 is 6.10 Å². The van der Waals surface area contributed by atoms with Crippen molar-refractivity contribution in [3.05, 3.63) is 53.6 Å². The summed E-state index contributed by atoms with van der Waals surface area (Å²) >= 11 is 0. The van der Waals surface area contributed by atoms with Crippen molar-refractivity contribution in [2.45, 2.75) is 38.5 Å². The van der Waals surface area contributed by atoms with E-state index >= 15 is 0 Å². The number of benzene rings is 1. The van der Waals surface area contributed by atoms with Crippen LogP contribution in [0.2, 0.25) is 0 Å². The molecule has 1 aliphatic heterocycles. The number of carbonyl (C=O) groups excluding carboxylic acids is 1. The predicted molar refractivity (Wildman–Crippen MR) is 83.4 cm³/mol. The van der Waals surface area contributed by atoms with E-state index in [2.05, 4.69) is 5.10 Å². The number of aliphatic hydroxyl groups is 1. The number of rotatable bonds is 3. The number of aromatic nitrogens is 2. The maximum Gasteiger partial charge on any atom is 0.274 e. The van der Waals surface area contributed by atoms with Crippen LogP contribution >= 0.6 is 0 Å². The largest absolute Gasteiger partial charge is 0.391 e. The number of likely N-dealkylation sites (tertiary alicyclic amines) is 1. The zero-order valence-electron chi connectivity index (χ0n) is 13.2. The summed E-state index contributed by atoms with van der Waals surface area (Å²) in [4.78, 5) is 14.3. The van der Waals surface area contributed by atoms with E-state index in [0.29, 0.717) is 17.7 Å². The summed E-state index contributed by atoms with van der Waals surface area (Å²) < 4.78 is 15.2. The number of hydrogen-bond acceptors (Lipinski definition) is 3. The average Bonchev–Trinajstić information content (AvgIpc) is 3.13. The summed E-state index contributed by atoms with van der Waals surface area (Å²) in [6.07, 6.45) is 1.56. The fourth-order valence-corrected chi connectivity index (χ4v) is 2.95. The highest BCUT2D eigenvalue weighted by molar-refractivity contribution is 5.92. The SMILES string of the molecule is CC(C)n1ccc(C(=O)N2CC(O)CC2c2cccc(F)c2)n1. The summed E-state index contributed by atoms with van der Waals surface area (Å²) in [5.74, 6) is -0.587. The molecule has 3 rings (SSSR count). The minimum Gasteiger partial charge on any atom is -0.391 e. The maximum absolute atomic E-state index is 13.5. The third-order valence-corrected chi connectivity index (χ3v) is 4.13. The van der Waals surface area contributed by atoms with Crippen molar-refractivity contribution in [2.75, 3.05) is 6.54 Å². The van der Waals surface area contributed by atoms with E-state index in [0.717, 1.165) is 0 Å². The number of amides is 1. The number of carbonyl (C=O) groups is 1. The van der Waals surface area contributed by atoms with Crippen LogP contribution in [0.25, 0.3) is 0 Å². The normalized spacial score (nSPS) is 21.2. The first-order valence-electron chi connectivity index (χ1n) is 7.75. The van der Waals surface area contributed by atoms with Crippen LogP contribution < -0.4 is 0 Å². The van der Waals surface area contributed by atoms with Gasteiger partial charge in [-0.2, -0.15) is 5.10 Å². The molecule has 0 radical (unpaired) electrons. The van der Waals surface area contributed by atoms with E-state index in [1.165, 1.54) is 12.1 Å². The number of halogens is 1. The highest BCUT2D eigenvalue weighted by Crippen LogP contribution is 2.33. The van der Waals surface area contributed by atoms with Gasteiger partial charge in [0.2, 0.25) is 0 Å². The second-order valence-corrected chi connectivity index (χ2v) is 6.19. The molecular weight excluding hydrogens is 297 g/mol. The van der Waals surface area contributed by atoms with E-state index in [-0.39, 0.29) is 30.4 Å². The van der Waals surface area contributed by atoms with Gasteiger partial charge in [-0.1, -0.05) is 12.1 Å². The maximum atomic E-state index is 13.5. The minimum atomic E-state index is -0.612. The van der Waals surface area contributed by atoms with Gasteiger partial charge in [-0.15, -0.1) is 0 Å². The monoisotopic (exact) mass is 317 g/mol. The Morgan fingerprint density at radius 3 is 2.83 bits per heavy atom. The number of β-amino-alcohol motifs (C(OH)–C–C–N with tert-alkyl or cyclic N) is 1. The van der Waals surface area contributed by atoms with Crippen molar-refractivity contribution >= 4 is 5.91 Å². The second kappa shape index (κ2) is 6.12. The Bertz CT molecular complexity index is 713. The summed E-state index contributed by atoms with van der Waals surface area (Å²) in [5, 5.41) is 14.3. The van der Waals surface area contributed by atoms with Crippen LogP contribution in [0, 0.1) is 5.82 Å². The van der Waals surface area contributed by atoms with Crippen LogP contribution in [0.4, 0.5) is 4.39 Å². The molecule has 1 aromatic heterocycles. The average molecular weight is 317 g/mol. The summed E-state index contributed by atoms with van der Waals surface area (Å²) in [5.41, 5.74) is 1.03. The van der Waals surface area contributed by atoms with Gasteiger partial charge in [0.25, 0.3) is 5.91 Å². The molecule has 2 unspecified atom stereocenters. The van der Waals surface area contributed by atoms with Gasteiger partial charge in [-0.25, -0.2) is 4.39 Å². The summed E-state index contributed by atoms with van der Waals surface area (Å²) in [7, 11) is 0. The molecule has 0 bridgehead atoms. The molecule has 122 valence electrons. The molecule has 23 heavy (non-hydrogen) atoms. The fraction of sp³-hybridized carbons (Fsp3) is 0.412. The Morgan fingerprint density at radius 1 is 1.39 bits per heavy atom. The third kappa shape index (κ3) is 3.12. The van der Waals surface area contributed by atoms with Gasteiger partial charge in [0, 0.05) is 18.8 Å². The Hall–Kier alpha value is -2.21. The molecule has 1 fully saturated rings. The molecule has 1 aliphatic rings. The van der Waals surface area contributed by atoms with Gasteiger partial charge in [0.1, 0.15) is 11.5 Å². The van der Waals surface area contributed by atoms with E-state index in [9.17, 15) is 14.3 Å².